The number of nitrogens with zero attached hydrogens (tertiary/aromatic N) is 4. The minimum absolute atomic E-state index is 0. The van der Waals surface area contributed by atoms with Crippen LogP contribution in [0.2, 0.25) is 0 Å². The molecule has 7 nitrogen and oxygen atoms in total. The first kappa shape index (κ1) is 26.2. The fourth-order valence-corrected chi connectivity index (χ4v) is 3.88. The molecule has 1 saturated heterocycles. The third-order valence-electron chi connectivity index (χ3n) is 5.55. The summed E-state index contributed by atoms with van der Waals surface area (Å²) in [6, 6.07) is 9.97. The van der Waals surface area contributed by atoms with Crippen molar-refractivity contribution in [1.29, 1.82) is 0 Å². The normalized spacial score (nSPS) is 14.1. The molecule has 1 aromatic heterocycles. The smallest absolute Gasteiger partial charge is 0.253 e. The van der Waals surface area contributed by atoms with Crippen LogP contribution < -0.4 is 10.6 Å². The molecule has 0 aliphatic carbocycles. The Morgan fingerprint density at radius 3 is 2.44 bits per heavy atom. The average Bonchev–Trinajstić information content (AvgIpc) is 3.12. The number of amides is 1. The van der Waals surface area contributed by atoms with Gasteiger partial charge in [-0.1, -0.05) is 12.1 Å². The van der Waals surface area contributed by atoms with Crippen LogP contribution >= 0.6 is 24.0 Å². The van der Waals surface area contributed by atoms with E-state index >= 15 is 0 Å². The fourth-order valence-electron chi connectivity index (χ4n) is 3.88. The first-order valence-corrected chi connectivity index (χ1v) is 11.5. The van der Waals surface area contributed by atoms with Gasteiger partial charge in [-0.15, -0.1) is 24.0 Å². The molecule has 0 saturated carbocycles. The van der Waals surface area contributed by atoms with Gasteiger partial charge in [0.15, 0.2) is 5.96 Å². The summed E-state index contributed by atoms with van der Waals surface area (Å²) in [5.41, 5.74) is 4.11. The number of carbonyl (C=O) groups is 1. The van der Waals surface area contributed by atoms with Crippen LogP contribution in [0.25, 0.3) is 0 Å². The molecular formula is C24H37IN6O. The molecule has 2 heterocycles. The molecule has 2 N–H and O–H groups in total. The van der Waals surface area contributed by atoms with Gasteiger partial charge < -0.3 is 15.5 Å². The lowest BCUT2D eigenvalue weighted by atomic mass is 10.1. The predicted octanol–water partition coefficient (Wildman–Crippen LogP) is 3.89. The zero-order chi connectivity index (χ0) is 22.1. The van der Waals surface area contributed by atoms with Crippen LogP contribution in [0.1, 0.15) is 59.9 Å². The van der Waals surface area contributed by atoms with E-state index in [9.17, 15) is 4.79 Å². The number of aliphatic imine (C=N–C) groups is 1. The molecule has 0 radical (unpaired) electrons. The molecule has 176 valence electrons. The Hall–Kier alpha value is -2.10. The van der Waals surface area contributed by atoms with Crippen LogP contribution in [-0.4, -0.2) is 52.7 Å². The van der Waals surface area contributed by atoms with Crippen molar-refractivity contribution in [3.8, 4) is 0 Å². The van der Waals surface area contributed by atoms with Gasteiger partial charge in [-0.25, -0.2) is 4.99 Å². The Balaban J connectivity index is 0.00000363. The number of likely N-dealkylation sites (tertiary alicyclic amines) is 1. The SMILES string of the molecule is CCNC(=NCc1ccc(C(=O)N2CCCCC2)cc1)NCCCn1nc(C)cc1C.I. The Morgan fingerprint density at radius 1 is 1.09 bits per heavy atom. The number of guanidine groups is 1. The molecule has 0 atom stereocenters. The summed E-state index contributed by atoms with van der Waals surface area (Å²) in [5, 5.41) is 11.2. The van der Waals surface area contributed by atoms with E-state index in [1.54, 1.807) is 0 Å². The van der Waals surface area contributed by atoms with Gasteiger partial charge in [0.05, 0.1) is 12.2 Å². The molecule has 1 aliphatic rings. The van der Waals surface area contributed by atoms with Gasteiger partial charge in [-0.05, 0) is 70.2 Å². The van der Waals surface area contributed by atoms with Gasteiger partial charge in [-0.3, -0.25) is 9.48 Å². The lowest BCUT2D eigenvalue weighted by Crippen LogP contribution is -2.38. The minimum atomic E-state index is 0. The van der Waals surface area contributed by atoms with Crippen LogP contribution in [0.4, 0.5) is 0 Å². The lowest BCUT2D eigenvalue weighted by molar-refractivity contribution is 0.0724. The standard InChI is InChI=1S/C24H36N6O.HI/c1-4-25-24(26-13-8-16-30-20(3)17-19(2)28-30)27-18-21-9-11-22(12-10-21)23(31)29-14-6-5-7-15-29;/h9-12,17H,4-8,13-16,18H2,1-3H3,(H2,25,26,27);1H. The van der Waals surface area contributed by atoms with Crippen molar-refractivity contribution in [1.82, 2.24) is 25.3 Å². The van der Waals surface area contributed by atoms with Gasteiger partial charge in [0.25, 0.3) is 5.91 Å². The maximum atomic E-state index is 12.6. The van der Waals surface area contributed by atoms with Crippen molar-refractivity contribution in [2.75, 3.05) is 26.2 Å². The second-order valence-electron chi connectivity index (χ2n) is 8.18. The minimum Gasteiger partial charge on any atom is -0.357 e. The van der Waals surface area contributed by atoms with Crippen molar-refractivity contribution in [2.45, 2.75) is 59.5 Å². The molecule has 1 amide bonds. The van der Waals surface area contributed by atoms with Crippen LogP contribution in [-0.2, 0) is 13.1 Å². The van der Waals surface area contributed by atoms with Gasteiger partial charge >= 0.3 is 0 Å². The summed E-state index contributed by atoms with van der Waals surface area (Å²) >= 11 is 0. The molecule has 2 aromatic rings. The molecule has 0 spiro atoms. The lowest BCUT2D eigenvalue weighted by Gasteiger charge is -2.26. The Kier molecular flexibility index (Phi) is 11.0. The molecule has 1 fully saturated rings. The second kappa shape index (κ2) is 13.4. The van der Waals surface area contributed by atoms with Crippen LogP contribution in [0.5, 0.6) is 0 Å². The summed E-state index contributed by atoms with van der Waals surface area (Å²) in [4.78, 5) is 19.3. The third kappa shape index (κ3) is 7.79. The number of hydrogen-bond acceptors (Lipinski definition) is 3. The van der Waals surface area contributed by atoms with E-state index < -0.39 is 0 Å². The van der Waals surface area contributed by atoms with E-state index in [0.717, 1.165) is 74.8 Å². The predicted molar refractivity (Wildman–Crippen MR) is 141 cm³/mol. The fraction of sp³-hybridized carbons (Fsp3) is 0.542. The average molecular weight is 553 g/mol. The maximum absolute atomic E-state index is 12.6. The van der Waals surface area contributed by atoms with Crippen LogP contribution in [0, 0.1) is 13.8 Å². The number of benzene rings is 1. The highest BCUT2D eigenvalue weighted by Gasteiger charge is 2.17. The molecule has 3 rings (SSSR count). The topological polar surface area (TPSA) is 74.6 Å². The molecule has 8 heteroatoms. The number of rotatable bonds is 8. The summed E-state index contributed by atoms with van der Waals surface area (Å²) < 4.78 is 2.05. The zero-order valence-electron chi connectivity index (χ0n) is 19.6. The first-order valence-electron chi connectivity index (χ1n) is 11.5. The van der Waals surface area contributed by atoms with Crippen molar-refractivity contribution in [2.24, 2.45) is 4.99 Å². The highest BCUT2D eigenvalue weighted by atomic mass is 127. The van der Waals surface area contributed by atoms with Crippen LogP contribution in [0.3, 0.4) is 0 Å². The van der Waals surface area contributed by atoms with Gasteiger partial charge in [0.1, 0.15) is 0 Å². The number of carbonyl (C=O) groups excluding carboxylic acids is 1. The number of aromatic nitrogens is 2. The molecule has 1 aliphatic heterocycles. The molecule has 0 unspecified atom stereocenters. The van der Waals surface area contributed by atoms with E-state index in [2.05, 4.69) is 35.6 Å². The highest BCUT2D eigenvalue weighted by Crippen LogP contribution is 2.14. The number of aryl methyl sites for hydroxylation is 3. The van der Waals surface area contributed by atoms with E-state index in [4.69, 9.17) is 4.99 Å². The summed E-state index contributed by atoms with van der Waals surface area (Å²) in [7, 11) is 0. The number of halogens is 1. The van der Waals surface area contributed by atoms with Gasteiger partial charge in [0, 0.05) is 44.0 Å². The Morgan fingerprint density at radius 2 is 1.81 bits per heavy atom. The van der Waals surface area contributed by atoms with Crippen molar-refractivity contribution < 1.29 is 4.79 Å². The van der Waals surface area contributed by atoms with Crippen molar-refractivity contribution in [3.05, 3.63) is 52.8 Å². The van der Waals surface area contributed by atoms with Crippen LogP contribution in [0.15, 0.2) is 35.3 Å². The highest BCUT2D eigenvalue weighted by molar-refractivity contribution is 14.0. The second-order valence-corrected chi connectivity index (χ2v) is 8.18. The quantitative estimate of drug-likeness (QED) is 0.226. The van der Waals surface area contributed by atoms with Gasteiger partial charge in [0.2, 0.25) is 0 Å². The molecular weight excluding hydrogens is 515 g/mol. The Labute approximate surface area is 209 Å². The van der Waals surface area contributed by atoms with E-state index in [1.807, 2.05) is 40.8 Å². The Bertz CT molecular complexity index is 871. The summed E-state index contributed by atoms with van der Waals surface area (Å²) in [6.45, 7) is 11.0. The number of piperidine rings is 1. The molecule has 1 aromatic carbocycles. The molecule has 32 heavy (non-hydrogen) atoms. The van der Waals surface area contributed by atoms with E-state index in [0.29, 0.717) is 6.54 Å². The van der Waals surface area contributed by atoms with Crippen molar-refractivity contribution >= 4 is 35.8 Å². The van der Waals surface area contributed by atoms with Crippen molar-refractivity contribution in [3.63, 3.8) is 0 Å². The van der Waals surface area contributed by atoms with E-state index in [1.165, 1.54) is 12.1 Å². The monoisotopic (exact) mass is 552 g/mol. The number of nitrogens with one attached hydrogen (secondary N) is 2. The van der Waals surface area contributed by atoms with Gasteiger partial charge in [-0.2, -0.15) is 5.10 Å². The largest absolute Gasteiger partial charge is 0.357 e. The third-order valence-corrected chi connectivity index (χ3v) is 5.55. The number of hydrogen-bond donors (Lipinski definition) is 2. The van der Waals surface area contributed by atoms with E-state index in [-0.39, 0.29) is 29.9 Å². The summed E-state index contributed by atoms with van der Waals surface area (Å²) in [5.74, 6) is 0.955. The summed E-state index contributed by atoms with van der Waals surface area (Å²) in [6.07, 6.45) is 4.42. The molecule has 0 bridgehead atoms. The maximum Gasteiger partial charge on any atom is 0.253 e. The first-order chi connectivity index (χ1) is 15.1. The zero-order valence-corrected chi connectivity index (χ0v) is 21.9.